The van der Waals surface area contributed by atoms with Gasteiger partial charge in [0.1, 0.15) is 0 Å². The third-order valence-corrected chi connectivity index (χ3v) is 5.12. The molecule has 2 aromatic carbocycles. The van der Waals surface area contributed by atoms with E-state index in [-0.39, 0.29) is 12.5 Å². The molecule has 2 N–H and O–H groups in total. The van der Waals surface area contributed by atoms with Gasteiger partial charge >= 0.3 is 0 Å². The highest BCUT2D eigenvalue weighted by atomic mass is 16.5. The SMILES string of the molecule is COc1cc2c(cc1OC)CN(C(=O)/C=C/c1ccc(OCC(=O)NO)c(OC)c1)CC2. The van der Waals surface area contributed by atoms with Crippen molar-refractivity contribution < 1.29 is 33.7 Å². The van der Waals surface area contributed by atoms with Crippen LogP contribution in [0.1, 0.15) is 16.7 Å². The van der Waals surface area contributed by atoms with Crippen LogP contribution in [0.15, 0.2) is 36.4 Å². The molecule has 0 saturated carbocycles. The summed E-state index contributed by atoms with van der Waals surface area (Å²) in [6, 6.07) is 8.94. The van der Waals surface area contributed by atoms with Gasteiger partial charge in [0.05, 0.1) is 21.3 Å². The molecule has 0 radical (unpaired) electrons. The monoisotopic (exact) mass is 442 g/mol. The molecule has 1 aliphatic heterocycles. The molecule has 2 amide bonds. The smallest absolute Gasteiger partial charge is 0.281 e. The Labute approximate surface area is 186 Å². The molecule has 170 valence electrons. The van der Waals surface area contributed by atoms with E-state index in [0.717, 1.165) is 23.1 Å². The first-order chi connectivity index (χ1) is 15.5. The lowest BCUT2D eigenvalue weighted by Crippen LogP contribution is -2.34. The van der Waals surface area contributed by atoms with Crippen LogP contribution in [0.4, 0.5) is 0 Å². The first-order valence-electron chi connectivity index (χ1n) is 9.93. The Kier molecular flexibility index (Phi) is 7.56. The van der Waals surface area contributed by atoms with Crippen LogP contribution in [-0.4, -0.2) is 56.4 Å². The minimum absolute atomic E-state index is 0.107. The zero-order valence-electron chi connectivity index (χ0n) is 18.2. The maximum Gasteiger partial charge on any atom is 0.281 e. The van der Waals surface area contributed by atoms with Gasteiger partial charge in [-0.2, -0.15) is 0 Å². The molecule has 0 atom stereocenters. The van der Waals surface area contributed by atoms with Crippen LogP contribution in [0.5, 0.6) is 23.0 Å². The number of amides is 2. The Balaban J connectivity index is 1.68. The van der Waals surface area contributed by atoms with Crippen LogP contribution < -0.4 is 24.4 Å². The topological polar surface area (TPSA) is 107 Å². The van der Waals surface area contributed by atoms with Crippen LogP contribution in [-0.2, 0) is 22.6 Å². The largest absolute Gasteiger partial charge is 0.493 e. The number of rotatable bonds is 8. The molecule has 2 aromatic rings. The average molecular weight is 442 g/mol. The van der Waals surface area contributed by atoms with Gasteiger partial charge in [-0.3, -0.25) is 14.8 Å². The molecular formula is C23H26N2O7. The number of carbonyl (C=O) groups is 2. The highest BCUT2D eigenvalue weighted by molar-refractivity contribution is 5.92. The number of benzene rings is 2. The van der Waals surface area contributed by atoms with Crippen LogP contribution in [0.25, 0.3) is 6.08 Å². The molecule has 32 heavy (non-hydrogen) atoms. The number of methoxy groups -OCH3 is 3. The van der Waals surface area contributed by atoms with Crippen LogP contribution in [0.3, 0.4) is 0 Å². The fourth-order valence-electron chi connectivity index (χ4n) is 3.43. The summed E-state index contributed by atoms with van der Waals surface area (Å²) >= 11 is 0. The molecular weight excluding hydrogens is 416 g/mol. The van der Waals surface area contributed by atoms with Gasteiger partial charge in [0.2, 0.25) is 5.91 Å². The summed E-state index contributed by atoms with van der Waals surface area (Å²) in [5.74, 6) is 1.28. The molecule has 0 aliphatic carbocycles. The van der Waals surface area contributed by atoms with Crippen molar-refractivity contribution in [2.45, 2.75) is 13.0 Å². The Morgan fingerprint density at radius 1 is 1.00 bits per heavy atom. The van der Waals surface area contributed by atoms with E-state index in [1.807, 2.05) is 12.1 Å². The highest BCUT2D eigenvalue weighted by Crippen LogP contribution is 2.33. The summed E-state index contributed by atoms with van der Waals surface area (Å²) in [7, 11) is 4.67. The van der Waals surface area contributed by atoms with Gasteiger partial charge in [-0.15, -0.1) is 0 Å². The lowest BCUT2D eigenvalue weighted by Gasteiger charge is -2.28. The Bertz CT molecular complexity index is 1020. The second-order valence-electron chi connectivity index (χ2n) is 7.05. The number of fused-ring (bicyclic) bond motifs is 1. The number of carbonyl (C=O) groups excluding carboxylic acids is 2. The van der Waals surface area contributed by atoms with Gasteiger partial charge in [0, 0.05) is 19.2 Å². The molecule has 0 saturated heterocycles. The van der Waals surface area contributed by atoms with Crippen molar-refractivity contribution in [3.05, 3.63) is 53.1 Å². The number of hydrogen-bond donors (Lipinski definition) is 2. The number of hydroxylamine groups is 1. The van der Waals surface area contributed by atoms with Crippen molar-refractivity contribution in [1.29, 1.82) is 0 Å². The maximum atomic E-state index is 12.7. The molecule has 9 heteroatoms. The Hall–Kier alpha value is -3.72. The van der Waals surface area contributed by atoms with Crippen molar-refractivity contribution >= 4 is 17.9 Å². The van der Waals surface area contributed by atoms with Gasteiger partial charge in [0.15, 0.2) is 29.6 Å². The van der Waals surface area contributed by atoms with Crippen molar-refractivity contribution in [3.8, 4) is 23.0 Å². The summed E-state index contributed by atoms with van der Waals surface area (Å²) in [6.45, 7) is 0.740. The second kappa shape index (κ2) is 10.5. The van der Waals surface area contributed by atoms with E-state index in [1.54, 1.807) is 43.4 Å². The number of ether oxygens (including phenoxy) is 4. The van der Waals surface area contributed by atoms with Gasteiger partial charge in [-0.25, -0.2) is 5.48 Å². The zero-order chi connectivity index (χ0) is 23.1. The van der Waals surface area contributed by atoms with E-state index < -0.39 is 5.91 Å². The van der Waals surface area contributed by atoms with Crippen LogP contribution in [0.2, 0.25) is 0 Å². The number of nitrogens with one attached hydrogen (secondary N) is 1. The minimum atomic E-state index is -0.680. The number of nitrogens with zero attached hydrogens (tertiary/aromatic N) is 1. The van der Waals surface area contributed by atoms with Gasteiger partial charge in [-0.1, -0.05) is 6.07 Å². The molecule has 0 unspecified atom stereocenters. The Morgan fingerprint density at radius 2 is 1.66 bits per heavy atom. The summed E-state index contributed by atoms with van der Waals surface area (Å²) < 4.78 is 21.3. The van der Waals surface area contributed by atoms with Gasteiger partial charge < -0.3 is 23.8 Å². The van der Waals surface area contributed by atoms with Crippen molar-refractivity contribution in [3.63, 3.8) is 0 Å². The predicted molar refractivity (Wildman–Crippen MR) is 116 cm³/mol. The summed E-state index contributed by atoms with van der Waals surface area (Å²) in [4.78, 5) is 25.7. The zero-order valence-corrected chi connectivity index (χ0v) is 18.2. The minimum Gasteiger partial charge on any atom is -0.493 e. The molecule has 3 rings (SSSR count). The van der Waals surface area contributed by atoms with E-state index >= 15 is 0 Å². The molecule has 0 spiro atoms. The average Bonchev–Trinajstić information content (AvgIpc) is 2.84. The van der Waals surface area contributed by atoms with Crippen molar-refractivity contribution in [2.75, 3.05) is 34.5 Å². The third-order valence-electron chi connectivity index (χ3n) is 5.12. The fraction of sp³-hybridized carbons (Fsp3) is 0.304. The van der Waals surface area contributed by atoms with Crippen LogP contribution in [0, 0.1) is 0 Å². The second-order valence-corrected chi connectivity index (χ2v) is 7.05. The van der Waals surface area contributed by atoms with E-state index in [9.17, 15) is 9.59 Å². The lowest BCUT2D eigenvalue weighted by molar-refractivity contribution is -0.131. The van der Waals surface area contributed by atoms with E-state index in [4.69, 9.17) is 24.2 Å². The van der Waals surface area contributed by atoms with Gasteiger partial charge in [0.25, 0.3) is 5.91 Å². The van der Waals surface area contributed by atoms with Gasteiger partial charge in [-0.05, 0) is 53.5 Å². The van der Waals surface area contributed by atoms with Crippen molar-refractivity contribution in [2.24, 2.45) is 0 Å². The van der Waals surface area contributed by atoms with E-state index in [0.29, 0.717) is 36.1 Å². The molecule has 0 fully saturated rings. The third kappa shape index (κ3) is 5.30. The van der Waals surface area contributed by atoms with Crippen molar-refractivity contribution in [1.82, 2.24) is 10.4 Å². The van der Waals surface area contributed by atoms with E-state index in [1.165, 1.54) is 18.7 Å². The summed E-state index contributed by atoms with van der Waals surface area (Å²) in [5.41, 5.74) is 4.41. The quantitative estimate of drug-likeness (QED) is 0.367. The molecule has 1 aliphatic rings. The maximum absolute atomic E-state index is 12.7. The standard InChI is InChI=1S/C23H26N2O7/c1-29-19-10-15(4-6-18(19)32-14-22(26)24-28)5-7-23(27)25-9-8-16-11-20(30-2)21(31-3)12-17(16)13-25/h4-7,10-12,28H,8-9,13-14H2,1-3H3,(H,24,26)/b7-5+. The van der Waals surface area contributed by atoms with E-state index in [2.05, 4.69) is 0 Å². The summed E-state index contributed by atoms with van der Waals surface area (Å²) in [6.07, 6.45) is 3.94. The molecule has 0 bridgehead atoms. The molecule has 9 nitrogen and oxygen atoms in total. The fourth-order valence-corrected chi connectivity index (χ4v) is 3.43. The molecule has 1 heterocycles. The molecule has 0 aromatic heterocycles. The Morgan fingerprint density at radius 3 is 2.31 bits per heavy atom. The first kappa shape index (κ1) is 23.0. The predicted octanol–water partition coefficient (Wildman–Crippen LogP) is 2.19. The lowest BCUT2D eigenvalue weighted by atomic mass is 9.98. The van der Waals surface area contributed by atoms with Crippen LogP contribution >= 0.6 is 0 Å². The number of hydrogen-bond acceptors (Lipinski definition) is 7. The normalized spacial score (nSPS) is 12.8. The highest BCUT2D eigenvalue weighted by Gasteiger charge is 2.21. The first-order valence-corrected chi connectivity index (χ1v) is 9.93. The summed E-state index contributed by atoms with van der Waals surface area (Å²) in [5, 5.41) is 8.55.